The second kappa shape index (κ2) is 6.79. The van der Waals surface area contributed by atoms with Crippen molar-refractivity contribution >= 4 is 6.21 Å². The second-order valence-corrected chi connectivity index (χ2v) is 6.86. The highest BCUT2D eigenvalue weighted by molar-refractivity contribution is 5.64. The molecular weight excluding hydrogens is 280 g/mol. The molecule has 0 bridgehead atoms. The van der Waals surface area contributed by atoms with Crippen molar-refractivity contribution in [2.45, 2.75) is 40.5 Å². The highest BCUT2D eigenvalue weighted by Gasteiger charge is 2.20. The summed E-state index contributed by atoms with van der Waals surface area (Å²) in [6.07, 6.45) is 7.97. The molecule has 0 radical (unpaired) electrons. The minimum absolute atomic E-state index is 0.0950. The molecule has 0 atom stereocenters. The van der Waals surface area contributed by atoms with Gasteiger partial charge in [-0.05, 0) is 60.1 Å². The summed E-state index contributed by atoms with van der Waals surface area (Å²) in [6, 6.07) is 7.97. The van der Waals surface area contributed by atoms with Crippen molar-refractivity contribution in [2.75, 3.05) is 0 Å². The molecule has 2 nitrogen and oxygen atoms in total. The Morgan fingerprint density at radius 2 is 2.09 bits per heavy atom. The number of nitrogens with zero attached hydrogens (tertiary/aromatic N) is 2. The first-order valence-electron chi connectivity index (χ1n) is 7.93. The molecular formula is C21H24N2. The van der Waals surface area contributed by atoms with Crippen LogP contribution in [0.1, 0.15) is 43.9 Å². The average Bonchev–Trinajstić information content (AvgIpc) is 2.60. The highest BCUT2D eigenvalue weighted by atomic mass is 14.7. The van der Waals surface area contributed by atoms with Crippen LogP contribution in [0.4, 0.5) is 0 Å². The van der Waals surface area contributed by atoms with E-state index in [0.29, 0.717) is 5.56 Å². The molecule has 0 saturated heterocycles. The predicted molar refractivity (Wildman–Crippen MR) is 97.5 cm³/mol. The second-order valence-electron chi connectivity index (χ2n) is 6.86. The largest absolute Gasteiger partial charge is 0.265 e. The Labute approximate surface area is 139 Å². The van der Waals surface area contributed by atoms with Crippen molar-refractivity contribution in [1.82, 2.24) is 0 Å². The number of aliphatic imine (C=N–C) groups is 1. The van der Waals surface area contributed by atoms with Crippen LogP contribution >= 0.6 is 0 Å². The number of nitriles is 1. The van der Waals surface area contributed by atoms with Gasteiger partial charge >= 0.3 is 0 Å². The van der Waals surface area contributed by atoms with Gasteiger partial charge in [-0.3, -0.25) is 4.99 Å². The first-order valence-corrected chi connectivity index (χ1v) is 7.93. The number of hydrogen-bond donors (Lipinski definition) is 0. The number of allylic oxidation sites excluding steroid dienone is 5. The zero-order chi connectivity index (χ0) is 17.0. The molecule has 2 heteroatoms. The van der Waals surface area contributed by atoms with E-state index in [9.17, 15) is 0 Å². The third kappa shape index (κ3) is 4.29. The number of benzene rings is 1. The van der Waals surface area contributed by atoms with E-state index in [-0.39, 0.29) is 5.41 Å². The van der Waals surface area contributed by atoms with Crippen molar-refractivity contribution in [3.63, 3.8) is 0 Å². The molecule has 0 saturated carbocycles. The van der Waals surface area contributed by atoms with Crippen LogP contribution in [0.25, 0.3) is 0 Å². The molecule has 1 aromatic rings. The van der Waals surface area contributed by atoms with Crippen LogP contribution in [-0.4, -0.2) is 6.21 Å². The topological polar surface area (TPSA) is 36.1 Å². The van der Waals surface area contributed by atoms with Crippen molar-refractivity contribution in [2.24, 2.45) is 10.4 Å². The smallest absolute Gasteiger partial charge is 0.0991 e. The molecule has 1 aliphatic rings. The fraction of sp³-hybridized carbons (Fsp3) is 0.333. The summed E-state index contributed by atoms with van der Waals surface area (Å²) in [5, 5.41) is 8.93. The van der Waals surface area contributed by atoms with Gasteiger partial charge in [-0.1, -0.05) is 38.6 Å². The Balaban J connectivity index is 2.18. The van der Waals surface area contributed by atoms with Gasteiger partial charge in [-0.25, -0.2) is 0 Å². The number of aryl methyl sites for hydroxylation is 1. The van der Waals surface area contributed by atoms with Crippen molar-refractivity contribution in [3.8, 4) is 6.07 Å². The van der Waals surface area contributed by atoms with Gasteiger partial charge in [0.1, 0.15) is 0 Å². The van der Waals surface area contributed by atoms with Crippen LogP contribution in [0.5, 0.6) is 0 Å². The Hall–Kier alpha value is -2.40. The van der Waals surface area contributed by atoms with E-state index in [4.69, 9.17) is 10.3 Å². The SMILES string of the molecule is C=C1C=CC(C)(C)CC(N=CCc2ccc(C#N)cc2C)=C1C. The number of rotatable bonds is 3. The average molecular weight is 304 g/mol. The molecule has 1 aromatic carbocycles. The first kappa shape index (κ1) is 17.0. The van der Waals surface area contributed by atoms with E-state index in [1.807, 2.05) is 31.3 Å². The lowest BCUT2D eigenvalue weighted by molar-refractivity contribution is 0.474. The van der Waals surface area contributed by atoms with Gasteiger partial charge in [0, 0.05) is 18.3 Å². The zero-order valence-corrected chi connectivity index (χ0v) is 14.5. The molecule has 0 amide bonds. The quantitative estimate of drug-likeness (QED) is 0.698. The molecule has 2 rings (SSSR count). The van der Waals surface area contributed by atoms with Crippen LogP contribution in [-0.2, 0) is 6.42 Å². The van der Waals surface area contributed by atoms with Crippen LogP contribution in [0.2, 0.25) is 0 Å². The Kier molecular flexibility index (Phi) is 5.01. The molecule has 0 unspecified atom stereocenters. The maximum absolute atomic E-state index is 8.93. The molecule has 118 valence electrons. The van der Waals surface area contributed by atoms with E-state index in [0.717, 1.165) is 29.7 Å². The summed E-state index contributed by atoms with van der Waals surface area (Å²) in [5.74, 6) is 0. The summed E-state index contributed by atoms with van der Waals surface area (Å²) in [6.45, 7) is 12.7. The summed E-state index contributed by atoms with van der Waals surface area (Å²) in [5.41, 5.74) is 6.45. The van der Waals surface area contributed by atoms with Gasteiger partial charge in [-0.15, -0.1) is 0 Å². The predicted octanol–water partition coefficient (Wildman–Crippen LogP) is 5.30. The molecule has 23 heavy (non-hydrogen) atoms. The highest BCUT2D eigenvalue weighted by Crippen LogP contribution is 2.34. The Morgan fingerprint density at radius 3 is 2.74 bits per heavy atom. The monoisotopic (exact) mass is 304 g/mol. The fourth-order valence-corrected chi connectivity index (χ4v) is 2.65. The minimum atomic E-state index is 0.0950. The van der Waals surface area contributed by atoms with Crippen LogP contribution in [0, 0.1) is 23.7 Å². The van der Waals surface area contributed by atoms with Crippen molar-refractivity contribution in [3.05, 3.63) is 70.5 Å². The zero-order valence-electron chi connectivity index (χ0n) is 14.5. The molecule has 0 aromatic heterocycles. The molecule has 0 spiro atoms. The van der Waals surface area contributed by atoms with Crippen molar-refractivity contribution < 1.29 is 0 Å². The summed E-state index contributed by atoms with van der Waals surface area (Å²) in [4.78, 5) is 4.74. The van der Waals surface area contributed by atoms with Gasteiger partial charge in [0.05, 0.1) is 11.6 Å². The first-order chi connectivity index (χ1) is 10.8. The minimum Gasteiger partial charge on any atom is -0.265 e. The van der Waals surface area contributed by atoms with Gasteiger partial charge in [-0.2, -0.15) is 5.26 Å². The molecule has 1 aliphatic carbocycles. The molecule has 0 fully saturated rings. The Bertz CT molecular complexity index is 753. The standard InChI is InChI=1S/C21H24N2/c1-15-8-10-21(4,5)13-20(17(15)3)23-11-9-19-7-6-18(14-22)12-16(19)2/h6-8,10-12H,1,9,13H2,2-5H3. The summed E-state index contributed by atoms with van der Waals surface area (Å²) < 4.78 is 0. The third-order valence-electron chi connectivity index (χ3n) is 4.30. The lowest BCUT2D eigenvalue weighted by Crippen LogP contribution is -2.07. The van der Waals surface area contributed by atoms with E-state index < -0.39 is 0 Å². The van der Waals surface area contributed by atoms with Gasteiger partial charge in [0.25, 0.3) is 0 Å². The molecule has 0 N–H and O–H groups in total. The van der Waals surface area contributed by atoms with E-state index in [1.165, 1.54) is 11.1 Å². The Morgan fingerprint density at radius 1 is 1.35 bits per heavy atom. The maximum atomic E-state index is 8.93. The van der Waals surface area contributed by atoms with E-state index in [1.54, 1.807) is 0 Å². The fourth-order valence-electron chi connectivity index (χ4n) is 2.65. The summed E-state index contributed by atoms with van der Waals surface area (Å²) >= 11 is 0. The maximum Gasteiger partial charge on any atom is 0.0991 e. The molecule has 0 aliphatic heterocycles. The van der Waals surface area contributed by atoms with E-state index >= 15 is 0 Å². The lowest BCUT2D eigenvalue weighted by atomic mass is 9.88. The van der Waals surface area contributed by atoms with Crippen LogP contribution < -0.4 is 0 Å². The lowest BCUT2D eigenvalue weighted by Gasteiger charge is -2.19. The van der Waals surface area contributed by atoms with Gasteiger partial charge in [0.2, 0.25) is 0 Å². The normalized spacial score (nSPS) is 17.4. The third-order valence-corrected chi connectivity index (χ3v) is 4.30. The summed E-state index contributed by atoms with van der Waals surface area (Å²) in [7, 11) is 0. The van der Waals surface area contributed by atoms with Crippen LogP contribution in [0.15, 0.2) is 58.8 Å². The molecule has 0 heterocycles. The number of hydrogen-bond acceptors (Lipinski definition) is 2. The van der Waals surface area contributed by atoms with Gasteiger partial charge in [0.15, 0.2) is 0 Å². The van der Waals surface area contributed by atoms with Crippen molar-refractivity contribution in [1.29, 1.82) is 5.26 Å². The van der Waals surface area contributed by atoms with Gasteiger partial charge < -0.3 is 0 Å². The van der Waals surface area contributed by atoms with Crippen LogP contribution in [0.3, 0.4) is 0 Å². The van der Waals surface area contributed by atoms with E-state index in [2.05, 4.69) is 45.6 Å².